The van der Waals surface area contributed by atoms with Crippen LogP contribution >= 0.6 is 0 Å². The maximum atomic E-state index is 13.1. The standard InChI is InChI=1S/C24H27NO5/c1-5-29-18-13-12-17(14-19(18)30-6-2)25-21(16-10-8-7-9-11-16)20(22(26)15(3)4)23(27)24(25)28/h7-15,21,27H,5-6H2,1-4H3. The summed E-state index contributed by atoms with van der Waals surface area (Å²) in [5, 5.41) is 10.7. The number of aliphatic hydroxyl groups excluding tert-OH is 1. The smallest absolute Gasteiger partial charge is 0.294 e. The summed E-state index contributed by atoms with van der Waals surface area (Å²) in [6.45, 7) is 8.15. The van der Waals surface area contributed by atoms with Crippen molar-refractivity contribution < 1.29 is 24.2 Å². The van der Waals surface area contributed by atoms with Crippen LogP contribution in [0.2, 0.25) is 0 Å². The minimum absolute atomic E-state index is 0.119. The highest BCUT2D eigenvalue weighted by atomic mass is 16.5. The quantitative estimate of drug-likeness (QED) is 0.689. The maximum Gasteiger partial charge on any atom is 0.294 e. The van der Waals surface area contributed by atoms with Crippen LogP contribution in [-0.2, 0) is 9.59 Å². The summed E-state index contributed by atoms with van der Waals surface area (Å²) in [7, 11) is 0. The Balaban J connectivity index is 2.15. The lowest BCUT2D eigenvalue weighted by Crippen LogP contribution is -2.31. The number of benzene rings is 2. The predicted octanol–water partition coefficient (Wildman–Crippen LogP) is 4.61. The zero-order chi connectivity index (χ0) is 21.8. The molecule has 1 unspecified atom stereocenters. The fourth-order valence-electron chi connectivity index (χ4n) is 3.57. The number of carbonyl (C=O) groups is 2. The monoisotopic (exact) mass is 409 g/mol. The van der Waals surface area contributed by atoms with E-state index in [1.54, 1.807) is 32.0 Å². The van der Waals surface area contributed by atoms with Gasteiger partial charge in [-0.15, -0.1) is 0 Å². The van der Waals surface area contributed by atoms with E-state index in [0.29, 0.717) is 30.4 Å². The van der Waals surface area contributed by atoms with Gasteiger partial charge in [0.05, 0.1) is 24.8 Å². The van der Waals surface area contributed by atoms with Crippen LogP contribution in [0.4, 0.5) is 5.69 Å². The van der Waals surface area contributed by atoms with Crippen LogP contribution in [0, 0.1) is 5.92 Å². The number of anilines is 1. The van der Waals surface area contributed by atoms with Gasteiger partial charge in [-0.25, -0.2) is 0 Å². The fraction of sp³-hybridized carbons (Fsp3) is 0.333. The molecule has 0 spiro atoms. The number of aliphatic hydroxyl groups is 1. The molecule has 0 fully saturated rings. The molecule has 2 aromatic carbocycles. The van der Waals surface area contributed by atoms with E-state index < -0.39 is 17.7 Å². The first-order valence-electron chi connectivity index (χ1n) is 10.2. The Morgan fingerprint density at radius 1 is 1.03 bits per heavy atom. The SMILES string of the molecule is CCOc1ccc(N2C(=O)C(O)=C(C(=O)C(C)C)C2c2ccccc2)cc1OCC. The molecule has 1 aliphatic heterocycles. The molecule has 6 nitrogen and oxygen atoms in total. The molecule has 0 saturated carbocycles. The normalized spacial score (nSPS) is 16.4. The topological polar surface area (TPSA) is 76.1 Å². The van der Waals surface area contributed by atoms with Crippen molar-refractivity contribution in [3.05, 3.63) is 65.4 Å². The summed E-state index contributed by atoms with van der Waals surface area (Å²) >= 11 is 0. The molecular weight excluding hydrogens is 382 g/mol. The number of amides is 1. The first-order chi connectivity index (χ1) is 14.4. The molecule has 0 aromatic heterocycles. The first-order valence-corrected chi connectivity index (χ1v) is 10.2. The second kappa shape index (κ2) is 9.03. The number of carbonyl (C=O) groups excluding carboxylic acids is 2. The number of nitrogens with zero attached hydrogens (tertiary/aromatic N) is 1. The number of hydrogen-bond acceptors (Lipinski definition) is 5. The Hall–Kier alpha value is -3.28. The van der Waals surface area contributed by atoms with Crippen LogP contribution in [0.1, 0.15) is 39.3 Å². The molecule has 1 N–H and O–H groups in total. The Morgan fingerprint density at radius 3 is 2.27 bits per heavy atom. The average Bonchev–Trinajstić information content (AvgIpc) is 3.00. The molecule has 0 bridgehead atoms. The van der Waals surface area contributed by atoms with E-state index in [1.807, 2.05) is 44.2 Å². The summed E-state index contributed by atoms with van der Waals surface area (Å²) in [5.41, 5.74) is 1.37. The van der Waals surface area contributed by atoms with E-state index in [9.17, 15) is 14.7 Å². The van der Waals surface area contributed by atoms with Gasteiger partial charge in [-0.2, -0.15) is 0 Å². The van der Waals surface area contributed by atoms with Crippen molar-refractivity contribution >= 4 is 17.4 Å². The summed E-state index contributed by atoms with van der Waals surface area (Å²) < 4.78 is 11.3. The third-order valence-electron chi connectivity index (χ3n) is 4.92. The van der Waals surface area contributed by atoms with E-state index in [2.05, 4.69) is 0 Å². The summed E-state index contributed by atoms with van der Waals surface area (Å²) in [6.07, 6.45) is 0. The van der Waals surface area contributed by atoms with Gasteiger partial charge in [0.15, 0.2) is 23.0 Å². The van der Waals surface area contributed by atoms with E-state index in [1.165, 1.54) is 4.90 Å². The fourth-order valence-corrected chi connectivity index (χ4v) is 3.57. The Kier molecular flexibility index (Phi) is 6.45. The largest absolute Gasteiger partial charge is 0.503 e. The number of hydrogen-bond donors (Lipinski definition) is 1. The van der Waals surface area contributed by atoms with Gasteiger partial charge in [0.25, 0.3) is 5.91 Å². The highest BCUT2D eigenvalue weighted by Gasteiger charge is 2.44. The maximum absolute atomic E-state index is 13.1. The van der Waals surface area contributed by atoms with Crippen LogP contribution in [0.25, 0.3) is 0 Å². The zero-order valence-electron chi connectivity index (χ0n) is 17.7. The minimum atomic E-state index is -0.721. The van der Waals surface area contributed by atoms with Gasteiger partial charge in [0.1, 0.15) is 0 Å². The average molecular weight is 409 g/mol. The van der Waals surface area contributed by atoms with E-state index in [0.717, 1.165) is 5.56 Å². The Morgan fingerprint density at radius 2 is 1.67 bits per heavy atom. The predicted molar refractivity (Wildman–Crippen MR) is 115 cm³/mol. The summed E-state index contributed by atoms with van der Waals surface area (Å²) in [6, 6.07) is 13.7. The second-order valence-electron chi connectivity index (χ2n) is 7.27. The van der Waals surface area contributed by atoms with Crippen molar-refractivity contribution in [1.29, 1.82) is 0 Å². The number of rotatable bonds is 8. The van der Waals surface area contributed by atoms with E-state index in [4.69, 9.17) is 9.47 Å². The lowest BCUT2D eigenvalue weighted by atomic mass is 9.91. The molecule has 1 aliphatic rings. The van der Waals surface area contributed by atoms with Crippen LogP contribution in [0.15, 0.2) is 59.9 Å². The molecule has 30 heavy (non-hydrogen) atoms. The lowest BCUT2D eigenvalue weighted by Gasteiger charge is -2.28. The van der Waals surface area contributed by atoms with Crippen LogP contribution < -0.4 is 14.4 Å². The molecule has 0 aliphatic carbocycles. The van der Waals surface area contributed by atoms with Gasteiger partial charge >= 0.3 is 0 Å². The van der Waals surface area contributed by atoms with Crippen molar-refractivity contribution in [1.82, 2.24) is 0 Å². The van der Waals surface area contributed by atoms with E-state index in [-0.39, 0.29) is 17.3 Å². The molecule has 0 radical (unpaired) electrons. The molecule has 0 saturated heterocycles. The highest BCUT2D eigenvalue weighted by molar-refractivity contribution is 6.16. The van der Waals surface area contributed by atoms with Gasteiger partial charge < -0.3 is 14.6 Å². The van der Waals surface area contributed by atoms with Crippen molar-refractivity contribution in [2.24, 2.45) is 5.92 Å². The zero-order valence-corrected chi connectivity index (χ0v) is 17.7. The van der Waals surface area contributed by atoms with Gasteiger partial charge in [-0.1, -0.05) is 44.2 Å². The van der Waals surface area contributed by atoms with Crippen molar-refractivity contribution in [3.63, 3.8) is 0 Å². The molecule has 158 valence electrons. The van der Waals surface area contributed by atoms with Gasteiger partial charge in [-0.3, -0.25) is 14.5 Å². The van der Waals surface area contributed by atoms with Crippen LogP contribution in [0.5, 0.6) is 11.5 Å². The number of ether oxygens (including phenoxy) is 2. The number of ketones is 1. The molecule has 2 aromatic rings. The van der Waals surface area contributed by atoms with Crippen LogP contribution in [0.3, 0.4) is 0 Å². The molecule has 1 atom stereocenters. The molecular formula is C24H27NO5. The van der Waals surface area contributed by atoms with Gasteiger partial charge in [0.2, 0.25) is 0 Å². The molecule has 6 heteroatoms. The lowest BCUT2D eigenvalue weighted by molar-refractivity contribution is -0.119. The van der Waals surface area contributed by atoms with E-state index >= 15 is 0 Å². The van der Waals surface area contributed by atoms with Gasteiger partial charge in [0, 0.05) is 17.7 Å². The third kappa shape index (κ3) is 3.90. The second-order valence-corrected chi connectivity index (χ2v) is 7.27. The van der Waals surface area contributed by atoms with Crippen molar-refractivity contribution in [2.45, 2.75) is 33.7 Å². The Bertz CT molecular complexity index is 965. The number of Topliss-reactive ketones (excluding diaryl/α,β-unsaturated/α-hetero) is 1. The first kappa shape index (κ1) is 21.4. The van der Waals surface area contributed by atoms with Gasteiger partial charge in [-0.05, 0) is 31.5 Å². The third-order valence-corrected chi connectivity index (χ3v) is 4.92. The molecule has 3 rings (SSSR count). The Labute approximate surface area is 176 Å². The van der Waals surface area contributed by atoms with Crippen molar-refractivity contribution in [2.75, 3.05) is 18.1 Å². The molecule has 1 heterocycles. The van der Waals surface area contributed by atoms with Crippen LogP contribution in [-0.4, -0.2) is 30.0 Å². The van der Waals surface area contributed by atoms with Crippen molar-refractivity contribution in [3.8, 4) is 11.5 Å². The minimum Gasteiger partial charge on any atom is -0.503 e. The summed E-state index contributed by atoms with van der Waals surface area (Å²) in [4.78, 5) is 27.5. The molecule has 1 amide bonds. The highest BCUT2D eigenvalue weighted by Crippen LogP contribution is 2.43. The summed E-state index contributed by atoms with van der Waals surface area (Å²) in [5.74, 6) is -0.663.